The average Bonchev–Trinajstić information content (AvgIpc) is 1.35. The van der Waals surface area contributed by atoms with E-state index >= 15 is 0 Å². The minimum atomic E-state index is -0.711. The molecule has 0 aromatic heterocycles. The highest BCUT2D eigenvalue weighted by molar-refractivity contribution is 5.75. The molecule has 0 aromatic carbocycles. The summed E-state index contributed by atoms with van der Waals surface area (Å²) in [6.07, 6.45) is -0.711. The molecule has 0 aliphatic heterocycles. The number of carbonyl (C=O) groups is 1. The third-order valence-electron chi connectivity index (χ3n) is 0.287. The Hall–Kier alpha value is -0.198. The van der Waals surface area contributed by atoms with E-state index in [-0.39, 0.29) is 17.4 Å². The third-order valence-corrected chi connectivity index (χ3v) is 0.287. The first kappa shape index (κ1) is 9.93. The van der Waals surface area contributed by atoms with Gasteiger partial charge in [-0.05, 0) is 6.92 Å². The van der Waals surface area contributed by atoms with Crippen LogP contribution in [0.5, 0.6) is 0 Å². The molecule has 0 fully saturated rings. The average molecular weight is 119 g/mol. The van der Waals surface area contributed by atoms with Gasteiger partial charge in [0.05, 0.1) is 6.61 Å². The number of ether oxygens (including phenoxy) is 1. The first-order valence-corrected chi connectivity index (χ1v) is 1.69. The smallest absolute Gasteiger partial charge is 0.404 e. The van der Waals surface area contributed by atoms with E-state index in [0.717, 1.165) is 0 Å². The Kier molecular flexibility index (Phi) is 8.23. The zero-order chi connectivity index (χ0) is 4.99. The van der Waals surface area contributed by atoms with Crippen molar-refractivity contribution in [2.75, 3.05) is 6.61 Å². The highest BCUT2D eigenvalue weighted by atomic mass is 27.0. The lowest BCUT2D eigenvalue weighted by atomic mass is 10.9. The number of carbonyl (C=O) groups excluding carboxylic acids is 1. The molecule has 0 aliphatic carbocycles. The number of hydrogen-bond donors (Lipinski definition) is 1. The number of primary amides is 1. The van der Waals surface area contributed by atoms with E-state index in [1.165, 1.54) is 0 Å². The second-order valence-corrected chi connectivity index (χ2v) is 0.752. The summed E-state index contributed by atoms with van der Waals surface area (Å²) in [4.78, 5) is 9.60. The quantitative estimate of drug-likeness (QED) is 0.446. The summed E-state index contributed by atoms with van der Waals surface area (Å²) < 4.78 is 4.18. The minimum Gasteiger partial charge on any atom is -0.450 e. The summed E-state index contributed by atoms with van der Waals surface area (Å²) in [5.74, 6) is 0. The van der Waals surface area contributed by atoms with Crippen LogP contribution < -0.4 is 5.73 Å². The predicted octanol–water partition coefficient (Wildman–Crippen LogP) is -1.08. The summed E-state index contributed by atoms with van der Waals surface area (Å²) >= 11 is 0. The largest absolute Gasteiger partial charge is 0.450 e. The van der Waals surface area contributed by atoms with E-state index in [2.05, 4.69) is 10.5 Å². The van der Waals surface area contributed by atoms with Crippen molar-refractivity contribution in [3.63, 3.8) is 0 Å². The lowest BCUT2D eigenvalue weighted by molar-refractivity contribution is 0.163. The van der Waals surface area contributed by atoms with Gasteiger partial charge in [-0.15, -0.1) is 0 Å². The van der Waals surface area contributed by atoms with E-state index in [1.807, 2.05) is 0 Å². The van der Waals surface area contributed by atoms with E-state index in [4.69, 9.17) is 0 Å². The molecular formula is C3H10AlNO2. The fourth-order valence-corrected chi connectivity index (χ4v) is 0.142. The number of amides is 1. The molecule has 1 amide bonds. The summed E-state index contributed by atoms with van der Waals surface area (Å²) in [6.45, 7) is 2.06. The van der Waals surface area contributed by atoms with Gasteiger partial charge in [-0.3, -0.25) is 0 Å². The molecule has 4 heteroatoms. The molecule has 0 aliphatic rings. The molecule has 42 valence electrons. The molecule has 0 atom stereocenters. The maximum atomic E-state index is 9.60. The topological polar surface area (TPSA) is 52.3 Å². The monoisotopic (exact) mass is 119 g/mol. The second kappa shape index (κ2) is 5.80. The predicted molar refractivity (Wildman–Crippen MR) is 31.1 cm³/mol. The van der Waals surface area contributed by atoms with Crippen LogP contribution in [-0.2, 0) is 4.74 Å². The molecule has 0 saturated heterocycles. The van der Waals surface area contributed by atoms with E-state index < -0.39 is 6.09 Å². The first-order valence-electron chi connectivity index (χ1n) is 1.69. The molecule has 0 heterocycles. The van der Waals surface area contributed by atoms with Crippen LogP contribution in [0.15, 0.2) is 0 Å². The second-order valence-electron chi connectivity index (χ2n) is 0.752. The fourth-order valence-electron chi connectivity index (χ4n) is 0.142. The first-order chi connectivity index (χ1) is 2.77. The maximum absolute atomic E-state index is 9.60. The van der Waals surface area contributed by atoms with Gasteiger partial charge in [0.25, 0.3) is 0 Å². The van der Waals surface area contributed by atoms with Crippen molar-refractivity contribution in [3.8, 4) is 0 Å². The molecule has 0 radical (unpaired) electrons. The number of nitrogens with two attached hydrogens (primary N) is 1. The van der Waals surface area contributed by atoms with Gasteiger partial charge in [0.15, 0.2) is 17.4 Å². The van der Waals surface area contributed by atoms with Gasteiger partial charge in [0.2, 0.25) is 0 Å². The Labute approximate surface area is 53.0 Å². The number of rotatable bonds is 1. The molecule has 3 nitrogen and oxygen atoms in total. The van der Waals surface area contributed by atoms with Gasteiger partial charge >= 0.3 is 6.09 Å². The molecule has 2 N–H and O–H groups in total. The lowest BCUT2D eigenvalue weighted by Crippen LogP contribution is -2.11. The van der Waals surface area contributed by atoms with Crippen LogP contribution in [0.1, 0.15) is 6.92 Å². The molecule has 0 aromatic rings. The summed E-state index contributed by atoms with van der Waals surface area (Å²) in [5.41, 5.74) is 4.54. The standard InChI is InChI=1S/C3H7NO2.Al.3H/c1-2-6-3(4)5;;;;/h2H2,1H3,(H2,4,5);;;;. The van der Waals surface area contributed by atoms with Crippen molar-refractivity contribution in [1.82, 2.24) is 0 Å². The van der Waals surface area contributed by atoms with Crippen molar-refractivity contribution in [3.05, 3.63) is 0 Å². The highest BCUT2D eigenvalue weighted by Crippen LogP contribution is 1.66. The Balaban J connectivity index is 0. The van der Waals surface area contributed by atoms with E-state index in [9.17, 15) is 4.79 Å². The SMILES string of the molecule is CCOC(N)=O.[AlH3]. The van der Waals surface area contributed by atoms with Crippen LogP contribution in [0.2, 0.25) is 0 Å². The maximum Gasteiger partial charge on any atom is 0.404 e. The molecule has 0 bridgehead atoms. The number of hydrogen-bond acceptors (Lipinski definition) is 2. The fraction of sp³-hybridized carbons (Fsp3) is 0.667. The van der Waals surface area contributed by atoms with Crippen LogP contribution >= 0.6 is 0 Å². The molecule has 0 saturated carbocycles. The Bertz CT molecular complexity index is 56.9. The summed E-state index contributed by atoms with van der Waals surface area (Å²) in [6, 6.07) is 0. The van der Waals surface area contributed by atoms with Crippen LogP contribution in [0.3, 0.4) is 0 Å². The van der Waals surface area contributed by atoms with Gasteiger partial charge in [0.1, 0.15) is 0 Å². The Morgan fingerprint density at radius 1 is 1.86 bits per heavy atom. The van der Waals surface area contributed by atoms with Gasteiger partial charge in [-0.25, -0.2) is 4.79 Å². The van der Waals surface area contributed by atoms with Crippen LogP contribution in [-0.4, -0.2) is 30.1 Å². The minimum absolute atomic E-state index is 0. The van der Waals surface area contributed by atoms with E-state index in [0.29, 0.717) is 6.61 Å². The Morgan fingerprint density at radius 3 is 2.29 bits per heavy atom. The van der Waals surface area contributed by atoms with Crippen molar-refractivity contribution >= 4 is 23.5 Å². The zero-order valence-electron chi connectivity index (χ0n) is 3.60. The van der Waals surface area contributed by atoms with Crippen LogP contribution in [0.4, 0.5) is 4.79 Å². The molecular weight excluding hydrogens is 109 g/mol. The van der Waals surface area contributed by atoms with Gasteiger partial charge < -0.3 is 10.5 Å². The van der Waals surface area contributed by atoms with Gasteiger partial charge in [0, 0.05) is 0 Å². The van der Waals surface area contributed by atoms with Crippen molar-refractivity contribution in [1.29, 1.82) is 0 Å². The van der Waals surface area contributed by atoms with Crippen LogP contribution in [0, 0.1) is 0 Å². The van der Waals surface area contributed by atoms with Crippen LogP contribution in [0.25, 0.3) is 0 Å². The third kappa shape index (κ3) is 10.7. The van der Waals surface area contributed by atoms with Crippen molar-refractivity contribution < 1.29 is 9.53 Å². The zero-order valence-corrected chi connectivity index (χ0v) is 3.60. The molecule has 0 unspecified atom stereocenters. The molecule has 0 rings (SSSR count). The highest BCUT2D eigenvalue weighted by Gasteiger charge is 1.82. The normalized spacial score (nSPS) is 6.43. The lowest BCUT2D eigenvalue weighted by Gasteiger charge is -1.89. The Morgan fingerprint density at radius 2 is 2.29 bits per heavy atom. The van der Waals surface area contributed by atoms with E-state index in [1.54, 1.807) is 6.92 Å². The van der Waals surface area contributed by atoms with Gasteiger partial charge in [-0.2, -0.15) is 0 Å². The summed E-state index contributed by atoms with van der Waals surface area (Å²) in [5, 5.41) is 0. The molecule has 7 heavy (non-hydrogen) atoms. The summed E-state index contributed by atoms with van der Waals surface area (Å²) in [7, 11) is 0. The van der Waals surface area contributed by atoms with Gasteiger partial charge in [-0.1, -0.05) is 0 Å². The molecule has 0 spiro atoms. The van der Waals surface area contributed by atoms with Crippen molar-refractivity contribution in [2.24, 2.45) is 5.73 Å². The van der Waals surface area contributed by atoms with Crippen molar-refractivity contribution in [2.45, 2.75) is 6.92 Å².